The van der Waals surface area contributed by atoms with Crippen LogP contribution >= 0.6 is 0 Å². The van der Waals surface area contributed by atoms with Crippen molar-refractivity contribution < 1.29 is 0 Å². The molecule has 10 rings (SSSR count). The van der Waals surface area contributed by atoms with Gasteiger partial charge in [-0.25, -0.2) is 4.98 Å². The number of para-hydroxylation sites is 3. The monoisotopic (exact) mass is 640 g/mol. The molecule has 6 nitrogen and oxygen atoms in total. The highest BCUT2D eigenvalue weighted by atomic mass is 15.2. The second-order valence-corrected chi connectivity index (χ2v) is 12.4. The number of pyridine rings is 1. The van der Waals surface area contributed by atoms with Gasteiger partial charge in [-0.05, 0) is 42.5 Å². The van der Waals surface area contributed by atoms with Crippen molar-refractivity contribution in [3.8, 4) is 45.7 Å². The van der Waals surface area contributed by atoms with Gasteiger partial charge >= 0.3 is 0 Å². The van der Waals surface area contributed by atoms with Crippen LogP contribution in [0.4, 0.5) is 0 Å². The van der Waals surface area contributed by atoms with Gasteiger partial charge in [0, 0.05) is 50.1 Å². The van der Waals surface area contributed by atoms with E-state index in [9.17, 15) is 0 Å². The van der Waals surface area contributed by atoms with Crippen molar-refractivity contribution in [1.29, 1.82) is 0 Å². The smallest absolute Gasteiger partial charge is 0.238 e. The van der Waals surface area contributed by atoms with Gasteiger partial charge < -0.3 is 4.57 Å². The van der Waals surface area contributed by atoms with Gasteiger partial charge in [-0.1, -0.05) is 121 Å². The third-order valence-corrected chi connectivity index (χ3v) is 9.43. The third-order valence-electron chi connectivity index (χ3n) is 9.43. The highest BCUT2D eigenvalue weighted by molar-refractivity contribution is 6.11. The van der Waals surface area contributed by atoms with Crippen molar-refractivity contribution in [2.75, 3.05) is 0 Å². The quantitative estimate of drug-likeness (QED) is 0.188. The first-order valence-electron chi connectivity index (χ1n) is 16.7. The van der Waals surface area contributed by atoms with Gasteiger partial charge in [0.2, 0.25) is 5.95 Å². The molecule has 0 bridgehead atoms. The second kappa shape index (κ2) is 11.4. The first-order chi connectivity index (χ1) is 24.8. The van der Waals surface area contributed by atoms with Crippen LogP contribution in [0.5, 0.6) is 0 Å². The molecule has 0 saturated heterocycles. The van der Waals surface area contributed by atoms with Gasteiger partial charge in [0.25, 0.3) is 0 Å². The molecule has 0 unspecified atom stereocenters. The largest absolute Gasteiger partial charge is 0.309 e. The summed E-state index contributed by atoms with van der Waals surface area (Å²) in [6, 6.07) is 56.5. The zero-order valence-corrected chi connectivity index (χ0v) is 26.8. The number of hydrogen-bond donors (Lipinski definition) is 0. The Kier molecular flexibility index (Phi) is 6.39. The van der Waals surface area contributed by atoms with E-state index in [-0.39, 0.29) is 0 Å². The minimum atomic E-state index is 0.573. The van der Waals surface area contributed by atoms with Crippen molar-refractivity contribution >= 4 is 43.6 Å². The SMILES string of the molecule is c1ccc(-c2nc(-c3ccccc3)nc(-n3c4ccccc4c4cc(-c5cc6c(cn5)c5ccccc5n6-c5ccccc5)ccc43)n2)cc1. The molecule has 6 aromatic carbocycles. The summed E-state index contributed by atoms with van der Waals surface area (Å²) in [6.45, 7) is 0. The molecule has 0 aliphatic heterocycles. The molecular weight excluding hydrogens is 613 g/mol. The maximum atomic E-state index is 5.07. The average molecular weight is 641 g/mol. The Morgan fingerprint density at radius 3 is 1.56 bits per heavy atom. The lowest BCUT2D eigenvalue weighted by molar-refractivity contribution is 0.953. The Balaban J connectivity index is 1.18. The van der Waals surface area contributed by atoms with E-state index in [0.717, 1.165) is 66.3 Å². The summed E-state index contributed by atoms with van der Waals surface area (Å²) in [5, 5.41) is 4.54. The molecule has 0 N–H and O–H groups in total. The standard InChI is InChI=1S/C44H28N6/c1-4-14-29(15-5-1)42-46-43(30-16-6-2-7-17-30)48-44(47-42)50-39-23-13-10-20-33(39)35-26-31(24-25-40(35)50)37-27-41-36(28-45-37)34-21-11-12-22-38(34)49(41)32-18-8-3-9-19-32/h1-28H. The van der Waals surface area contributed by atoms with Crippen LogP contribution in [-0.2, 0) is 0 Å². The van der Waals surface area contributed by atoms with Gasteiger partial charge in [0.1, 0.15) is 0 Å². The van der Waals surface area contributed by atoms with Gasteiger partial charge in [-0.15, -0.1) is 0 Å². The second-order valence-electron chi connectivity index (χ2n) is 12.4. The first kappa shape index (κ1) is 28.1. The topological polar surface area (TPSA) is 61.4 Å². The van der Waals surface area contributed by atoms with Crippen LogP contribution in [0.3, 0.4) is 0 Å². The number of rotatable bonds is 5. The van der Waals surface area contributed by atoms with Gasteiger partial charge in [0.15, 0.2) is 11.6 Å². The molecule has 6 heteroatoms. The van der Waals surface area contributed by atoms with E-state index in [0.29, 0.717) is 17.6 Å². The van der Waals surface area contributed by atoms with Crippen LogP contribution in [0.1, 0.15) is 0 Å². The van der Waals surface area contributed by atoms with E-state index in [4.69, 9.17) is 19.9 Å². The zero-order valence-electron chi connectivity index (χ0n) is 26.8. The van der Waals surface area contributed by atoms with E-state index in [1.54, 1.807) is 0 Å². The van der Waals surface area contributed by atoms with Crippen molar-refractivity contribution in [2.24, 2.45) is 0 Å². The summed E-state index contributed by atoms with van der Waals surface area (Å²) in [5.41, 5.74) is 9.26. The Morgan fingerprint density at radius 1 is 0.360 bits per heavy atom. The predicted octanol–water partition coefficient (Wildman–Crippen LogP) is 10.5. The molecule has 0 fully saturated rings. The lowest BCUT2D eigenvalue weighted by Crippen LogP contribution is -2.06. The molecule has 0 spiro atoms. The van der Waals surface area contributed by atoms with E-state index in [2.05, 4.69) is 112 Å². The summed E-state index contributed by atoms with van der Waals surface area (Å²) < 4.78 is 4.48. The van der Waals surface area contributed by atoms with Crippen molar-refractivity contribution in [3.63, 3.8) is 0 Å². The molecule has 234 valence electrons. The number of hydrogen-bond acceptors (Lipinski definition) is 4. The fourth-order valence-electron chi connectivity index (χ4n) is 7.12. The summed E-state index contributed by atoms with van der Waals surface area (Å²) in [7, 11) is 0. The van der Waals surface area contributed by atoms with E-state index >= 15 is 0 Å². The Labute approximate surface area is 287 Å². The Hall–Kier alpha value is -6.92. The van der Waals surface area contributed by atoms with Crippen molar-refractivity contribution in [2.45, 2.75) is 0 Å². The van der Waals surface area contributed by atoms with Crippen LogP contribution < -0.4 is 0 Å². The Morgan fingerprint density at radius 2 is 0.900 bits per heavy atom. The molecule has 0 radical (unpaired) electrons. The normalized spacial score (nSPS) is 11.6. The maximum absolute atomic E-state index is 5.07. The van der Waals surface area contributed by atoms with Crippen LogP contribution in [0.15, 0.2) is 170 Å². The molecule has 0 saturated carbocycles. The molecule has 4 heterocycles. The van der Waals surface area contributed by atoms with Crippen LogP contribution in [-0.4, -0.2) is 29.1 Å². The number of benzene rings is 6. The average Bonchev–Trinajstić information content (AvgIpc) is 3.71. The van der Waals surface area contributed by atoms with Crippen LogP contribution in [0, 0.1) is 0 Å². The predicted molar refractivity (Wildman–Crippen MR) is 203 cm³/mol. The molecule has 4 aromatic heterocycles. The molecular formula is C44H28N6. The molecule has 0 atom stereocenters. The van der Waals surface area contributed by atoms with Crippen LogP contribution in [0.2, 0.25) is 0 Å². The summed E-state index contributed by atoms with van der Waals surface area (Å²) in [6.07, 6.45) is 2.01. The number of nitrogens with zero attached hydrogens (tertiary/aromatic N) is 6. The molecule has 0 amide bonds. The lowest BCUT2D eigenvalue weighted by atomic mass is 10.1. The van der Waals surface area contributed by atoms with E-state index in [1.807, 2.05) is 66.9 Å². The highest BCUT2D eigenvalue weighted by Crippen LogP contribution is 2.37. The lowest BCUT2D eigenvalue weighted by Gasteiger charge is -2.11. The zero-order chi connectivity index (χ0) is 33.0. The maximum Gasteiger partial charge on any atom is 0.238 e. The fourth-order valence-corrected chi connectivity index (χ4v) is 7.12. The summed E-state index contributed by atoms with van der Waals surface area (Å²) in [4.78, 5) is 20.1. The van der Waals surface area contributed by atoms with Gasteiger partial charge in [-0.2, -0.15) is 9.97 Å². The van der Waals surface area contributed by atoms with E-state index < -0.39 is 0 Å². The molecule has 0 aliphatic carbocycles. The van der Waals surface area contributed by atoms with Gasteiger partial charge in [0.05, 0.1) is 27.8 Å². The first-order valence-corrected chi connectivity index (χ1v) is 16.7. The number of aromatic nitrogens is 6. The van der Waals surface area contributed by atoms with Crippen molar-refractivity contribution in [3.05, 3.63) is 170 Å². The molecule has 10 aromatic rings. The minimum absolute atomic E-state index is 0.573. The van der Waals surface area contributed by atoms with Crippen LogP contribution in [0.25, 0.3) is 89.3 Å². The summed E-state index contributed by atoms with van der Waals surface area (Å²) >= 11 is 0. The molecule has 0 aliphatic rings. The summed E-state index contributed by atoms with van der Waals surface area (Å²) in [5.74, 6) is 1.83. The van der Waals surface area contributed by atoms with Crippen molar-refractivity contribution in [1.82, 2.24) is 29.1 Å². The highest BCUT2D eigenvalue weighted by Gasteiger charge is 2.19. The molecule has 50 heavy (non-hydrogen) atoms. The van der Waals surface area contributed by atoms with E-state index in [1.165, 1.54) is 5.39 Å². The van der Waals surface area contributed by atoms with Gasteiger partial charge in [-0.3, -0.25) is 9.55 Å². The fraction of sp³-hybridized carbons (Fsp3) is 0. The third kappa shape index (κ3) is 4.50. The number of fused-ring (bicyclic) bond motifs is 6. The minimum Gasteiger partial charge on any atom is -0.309 e. The Bertz CT molecular complexity index is 2800.